The van der Waals surface area contributed by atoms with Crippen molar-refractivity contribution in [3.63, 3.8) is 0 Å². The highest BCUT2D eigenvalue weighted by atomic mass is 32.2. The summed E-state index contributed by atoms with van der Waals surface area (Å²) in [6.07, 6.45) is 0. The lowest BCUT2D eigenvalue weighted by Gasteiger charge is -2.07. The first kappa shape index (κ1) is 13.5. The highest BCUT2D eigenvalue weighted by molar-refractivity contribution is 7.92. The van der Waals surface area contributed by atoms with Gasteiger partial charge in [-0.2, -0.15) is 0 Å². The molecule has 1 fully saturated rings. The molecule has 0 spiro atoms. The summed E-state index contributed by atoms with van der Waals surface area (Å²) in [5.74, 6) is -0.244. The van der Waals surface area contributed by atoms with Gasteiger partial charge in [-0.05, 0) is 12.5 Å². The fraction of sp³-hybridized carbons (Fsp3) is 0.538. The highest BCUT2D eigenvalue weighted by Crippen LogP contribution is 2.53. The lowest BCUT2D eigenvalue weighted by atomic mass is 10.1. The van der Waals surface area contributed by atoms with Gasteiger partial charge in [-0.15, -0.1) is 0 Å². The fourth-order valence-corrected chi connectivity index (χ4v) is 4.59. The molecular weight excluding hydrogens is 250 g/mol. The molecule has 100 valence electrons. The zero-order valence-electron chi connectivity index (χ0n) is 10.6. The number of aryl methyl sites for hydroxylation is 1. The third-order valence-corrected chi connectivity index (χ3v) is 6.09. The second-order valence-corrected chi connectivity index (χ2v) is 7.44. The first-order chi connectivity index (χ1) is 8.36. The van der Waals surface area contributed by atoms with Crippen LogP contribution in [0.2, 0.25) is 0 Å². The number of hydrogen-bond acceptors (Lipinski definition) is 4. The molecule has 0 saturated heterocycles. The normalized spacial score (nSPS) is 31.3. The Labute approximate surface area is 108 Å². The van der Waals surface area contributed by atoms with Crippen LogP contribution in [0.5, 0.6) is 0 Å². The predicted octanol–water partition coefficient (Wildman–Crippen LogP) is 0.585. The van der Waals surface area contributed by atoms with Gasteiger partial charge in [0.05, 0.1) is 17.4 Å². The molecule has 1 aliphatic carbocycles. The maximum atomic E-state index is 12.0. The Kier molecular flexibility index (Phi) is 3.25. The van der Waals surface area contributed by atoms with Crippen molar-refractivity contribution in [3.05, 3.63) is 35.4 Å². The predicted molar refractivity (Wildman–Crippen MR) is 71.2 cm³/mol. The summed E-state index contributed by atoms with van der Waals surface area (Å²) in [6, 6.07) is 7.65. The number of aliphatic hydroxyl groups is 1. The molecular formula is C13H19NO3S. The van der Waals surface area contributed by atoms with E-state index in [4.69, 9.17) is 5.73 Å². The van der Waals surface area contributed by atoms with E-state index in [1.54, 1.807) is 6.92 Å². The van der Waals surface area contributed by atoms with Crippen molar-refractivity contribution >= 4 is 9.84 Å². The first-order valence-electron chi connectivity index (χ1n) is 6.04. The Morgan fingerprint density at radius 2 is 1.89 bits per heavy atom. The molecule has 18 heavy (non-hydrogen) atoms. The molecule has 4 nitrogen and oxygen atoms in total. The van der Waals surface area contributed by atoms with Crippen LogP contribution >= 0.6 is 0 Å². The smallest absolute Gasteiger partial charge is 0.155 e. The van der Waals surface area contributed by atoms with Gasteiger partial charge in [0.1, 0.15) is 0 Å². The van der Waals surface area contributed by atoms with Crippen LogP contribution in [0, 0.1) is 6.92 Å². The Morgan fingerprint density at radius 1 is 1.33 bits per heavy atom. The van der Waals surface area contributed by atoms with Gasteiger partial charge in [-0.1, -0.05) is 36.8 Å². The van der Waals surface area contributed by atoms with E-state index in [2.05, 4.69) is 0 Å². The van der Waals surface area contributed by atoms with Crippen LogP contribution in [0.25, 0.3) is 0 Å². The highest BCUT2D eigenvalue weighted by Gasteiger charge is 2.68. The van der Waals surface area contributed by atoms with E-state index in [9.17, 15) is 13.5 Å². The minimum atomic E-state index is -3.24. The molecule has 0 radical (unpaired) electrons. The Morgan fingerprint density at radius 3 is 2.33 bits per heavy atom. The van der Waals surface area contributed by atoms with Gasteiger partial charge in [0.25, 0.3) is 0 Å². The standard InChI is InChI=1S/C13H19NO3S/c1-3-18(16,17)12-11(13(12,14)8-15)10-6-4-9(2)5-7-10/h4-7,11-12,15H,3,8,14H2,1-2H3/t11-,12+,13+/m0/s1. The summed E-state index contributed by atoms with van der Waals surface area (Å²) in [6.45, 7) is 3.27. The van der Waals surface area contributed by atoms with E-state index in [0.29, 0.717) is 0 Å². The molecule has 0 heterocycles. The van der Waals surface area contributed by atoms with Crippen molar-refractivity contribution in [1.29, 1.82) is 0 Å². The van der Waals surface area contributed by atoms with Crippen LogP contribution < -0.4 is 5.73 Å². The van der Waals surface area contributed by atoms with Gasteiger partial charge in [0.15, 0.2) is 9.84 Å². The molecule has 1 aromatic rings. The van der Waals surface area contributed by atoms with Crippen molar-refractivity contribution in [2.75, 3.05) is 12.4 Å². The molecule has 5 heteroatoms. The second-order valence-electron chi connectivity index (χ2n) is 5.03. The lowest BCUT2D eigenvalue weighted by molar-refractivity contribution is 0.253. The molecule has 1 saturated carbocycles. The van der Waals surface area contributed by atoms with Crippen LogP contribution in [0.15, 0.2) is 24.3 Å². The van der Waals surface area contributed by atoms with Gasteiger partial charge >= 0.3 is 0 Å². The third-order valence-electron chi connectivity index (χ3n) is 3.80. The third kappa shape index (κ3) is 1.96. The second kappa shape index (κ2) is 4.33. The van der Waals surface area contributed by atoms with Crippen molar-refractivity contribution in [2.24, 2.45) is 5.73 Å². The van der Waals surface area contributed by atoms with Gasteiger partial charge in [0.2, 0.25) is 0 Å². The van der Waals surface area contributed by atoms with E-state index < -0.39 is 20.6 Å². The molecule has 0 aliphatic heterocycles. The monoisotopic (exact) mass is 269 g/mol. The van der Waals surface area contributed by atoms with E-state index in [1.165, 1.54) is 0 Å². The average molecular weight is 269 g/mol. The van der Waals surface area contributed by atoms with E-state index in [-0.39, 0.29) is 18.3 Å². The molecule has 3 atom stereocenters. The van der Waals surface area contributed by atoms with Gasteiger partial charge in [-0.3, -0.25) is 0 Å². The maximum absolute atomic E-state index is 12.0. The molecule has 1 aliphatic rings. The van der Waals surface area contributed by atoms with Gasteiger partial charge < -0.3 is 10.8 Å². The van der Waals surface area contributed by atoms with Crippen LogP contribution in [0.1, 0.15) is 24.0 Å². The van der Waals surface area contributed by atoms with E-state index >= 15 is 0 Å². The Bertz CT molecular complexity index is 538. The van der Waals surface area contributed by atoms with Crippen LogP contribution in [0.3, 0.4) is 0 Å². The molecule has 0 amide bonds. The minimum absolute atomic E-state index is 0.0545. The zero-order chi connectivity index (χ0) is 13.6. The summed E-state index contributed by atoms with van der Waals surface area (Å²) in [5, 5.41) is 8.73. The summed E-state index contributed by atoms with van der Waals surface area (Å²) in [5.41, 5.74) is 7.01. The SMILES string of the molecule is CCS(=O)(=O)[C@@H]1[C@H](c2ccc(C)cc2)[C@]1(N)CO. The number of rotatable bonds is 4. The molecule has 2 rings (SSSR count). The Balaban J connectivity index is 2.37. The number of sulfone groups is 1. The molecule has 0 bridgehead atoms. The van der Waals surface area contributed by atoms with Crippen molar-refractivity contribution in [3.8, 4) is 0 Å². The number of benzene rings is 1. The average Bonchev–Trinajstić information content (AvgIpc) is 2.98. The van der Waals surface area contributed by atoms with Crippen LogP contribution in [-0.2, 0) is 9.84 Å². The number of nitrogens with two attached hydrogens (primary N) is 1. The van der Waals surface area contributed by atoms with E-state index in [1.807, 2.05) is 31.2 Å². The lowest BCUT2D eigenvalue weighted by Crippen LogP contribution is -2.35. The Hall–Kier alpha value is -0.910. The van der Waals surface area contributed by atoms with Crippen molar-refractivity contribution < 1.29 is 13.5 Å². The minimum Gasteiger partial charge on any atom is -0.394 e. The van der Waals surface area contributed by atoms with E-state index in [0.717, 1.165) is 11.1 Å². The largest absolute Gasteiger partial charge is 0.394 e. The zero-order valence-corrected chi connectivity index (χ0v) is 11.4. The molecule has 0 unspecified atom stereocenters. The van der Waals surface area contributed by atoms with Gasteiger partial charge in [-0.25, -0.2) is 8.42 Å². The van der Waals surface area contributed by atoms with Crippen LogP contribution in [-0.4, -0.2) is 36.7 Å². The van der Waals surface area contributed by atoms with Crippen molar-refractivity contribution in [1.82, 2.24) is 0 Å². The topological polar surface area (TPSA) is 80.4 Å². The summed E-state index contributed by atoms with van der Waals surface area (Å²) in [4.78, 5) is 0. The van der Waals surface area contributed by atoms with Crippen LogP contribution in [0.4, 0.5) is 0 Å². The number of aliphatic hydroxyl groups excluding tert-OH is 1. The molecule has 0 aromatic heterocycles. The van der Waals surface area contributed by atoms with Gasteiger partial charge in [0, 0.05) is 11.7 Å². The maximum Gasteiger partial charge on any atom is 0.155 e. The molecule has 3 N–H and O–H groups in total. The summed E-state index contributed by atoms with van der Waals surface area (Å²) in [7, 11) is -3.24. The van der Waals surface area contributed by atoms with Crippen molar-refractivity contribution in [2.45, 2.75) is 30.6 Å². The number of hydrogen-bond donors (Lipinski definition) is 2. The first-order valence-corrected chi connectivity index (χ1v) is 7.76. The quantitative estimate of drug-likeness (QED) is 0.838. The fourth-order valence-electron chi connectivity index (χ4n) is 2.59. The molecule has 1 aromatic carbocycles. The summed E-state index contributed by atoms with van der Waals surface area (Å²) < 4.78 is 24.0. The summed E-state index contributed by atoms with van der Waals surface area (Å²) >= 11 is 0.